The molecule has 0 bridgehead atoms. The number of aromatic nitrogens is 1. The van der Waals surface area contributed by atoms with Gasteiger partial charge in [-0.15, -0.1) is 11.3 Å². The highest BCUT2D eigenvalue weighted by atomic mass is 32.1. The highest BCUT2D eigenvalue weighted by molar-refractivity contribution is 7.10. The molecular formula is C19H17N3O2S. The zero-order chi connectivity index (χ0) is 17.6. The minimum Gasteiger partial charge on any atom is -0.340 e. The molecule has 0 aliphatic rings. The van der Waals surface area contributed by atoms with E-state index < -0.39 is 0 Å². The van der Waals surface area contributed by atoms with Gasteiger partial charge in [0.05, 0.1) is 18.3 Å². The molecule has 3 rings (SSSR count). The monoisotopic (exact) mass is 351 g/mol. The summed E-state index contributed by atoms with van der Waals surface area (Å²) in [4.78, 5) is 28.7. The number of rotatable bonds is 6. The van der Waals surface area contributed by atoms with Crippen LogP contribution in [0.3, 0.4) is 0 Å². The molecule has 0 saturated carbocycles. The second kappa shape index (κ2) is 7.72. The van der Waals surface area contributed by atoms with Crippen molar-refractivity contribution >= 4 is 40.2 Å². The van der Waals surface area contributed by atoms with Crippen LogP contribution in [0.1, 0.15) is 22.2 Å². The average molecular weight is 351 g/mol. The Morgan fingerprint density at radius 2 is 1.96 bits per heavy atom. The molecule has 0 radical (unpaired) electrons. The molecule has 126 valence electrons. The smallest absolute Gasteiger partial charge is 0.229 e. The van der Waals surface area contributed by atoms with Crippen molar-refractivity contribution in [3.63, 3.8) is 0 Å². The summed E-state index contributed by atoms with van der Waals surface area (Å²) in [6.07, 6.45) is 1.96. The Balaban J connectivity index is 1.61. The summed E-state index contributed by atoms with van der Waals surface area (Å²) in [6, 6.07) is 14.7. The summed E-state index contributed by atoms with van der Waals surface area (Å²) in [5.74, 6) is 0.580. The van der Waals surface area contributed by atoms with E-state index in [0.717, 1.165) is 10.6 Å². The van der Waals surface area contributed by atoms with Gasteiger partial charge in [0, 0.05) is 16.1 Å². The number of carbonyl (C=O) groups excluding carboxylic acids is 2. The van der Waals surface area contributed by atoms with Gasteiger partial charge >= 0.3 is 0 Å². The highest BCUT2D eigenvalue weighted by Gasteiger charge is 2.06. The fourth-order valence-electron chi connectivity index (χ4n) is 2.28. The molecule has 0 saturated heterocycles. The first-order chi connectivity index (χ1) is 12.1. The zero-order valence-corrected chi connectivity index (χ0v) is 14.5. The average Bonchev–Trinajstić information content (AvgIpc) is 3.10. The first kappa shape index (κ1) is 16.9. The summed E-state index contributed by atoms with van der Waals surface area (Å²) in [6.45, 7) is 1.53. The van der Waals surface area contributed by atoms with E-state index in [9.17, 15) is 9.59 Å². The summed E-state index contributed by atoms with van der Waals surface area (Å²) in [5.41, 5.74) is 2.07. The molecule has 25 heavy (non-hydrogen) atoms. The number of amides is 1. The van der Waals surface area contributed by atoms with E-state index in [1.165, 1.54) is 6.92 Å². The van der Waals surface area contributed by atoms with Gasteiger partial charge < -0.3 is 10.6 Å². The molecule has 3 aromatic rings. The number of nitrogens with zero attached hydrogens (tertiary/aromatic N) is 1. The molecule has 2 heterocycles. The number of benzene rings is 1. The van der Waals surface area contributed by atoms with E-state index in [2.05, 4.69) is 15.6 Å². The second-order valence-electron chi connectivity index (χ2n) is 5.50. The first-order valence-corrected chi connectivity index (χ1v) is 8.64. The molecule has 6 heteroatoms. The van der Waals surface area contributed by atoms with Gasteiger partial charge in [-0.3, -0.25) is 9.59 Å². The van der Waals surface area contributed by atoms with Crippen molar-refractivity contribution in [2.75, 3.05) is 10.6 Å². The van der Waals surface area contributed by atoms with Crippen LogP contribution in [0.25, 0.3) is 0 Å². The molecule has 1 aromatic carbocycles. The number of ketones is 1. The molecule has 1 amide bonds. The van der Waals surface area contributed by atoms with Crippen LogP contribution in [0.5, 0.6) is 0 Å². The maximum absolute atomic E-state index is 12.0. The third-order valence-corrected chi connectivity index (χ3v) is 4.38. The summed E-state index contributed by atoms with van der Waals surface area (Å²) < 4.78 is 0. The van der Waals surface area contributed by atoms with Crippen molar-refractivity contribution in [1.82, 2.24) is 4.98 Å². The van der Waals surface area contributed by atoms with Crippen LogP contribution in [-0.4, -0.2) is 16.7 Å². The lowest BCUT2D eigenvalue weighted by molar-refractivity contribution is -0.115. The van der Waals surface area contributed by atoms with E-state index in [1.54, 1.807) is 41.8 Å². The maximum atomic E-state index is 12.0. The predicted molar refractivity (Wildman–Crippen MR) is 101 cm³/mol. The van der Waals surface area contributed by atoms with Crippen molar-refractivity contribution in [2.24, 2.45) is 0 Å². The molecule has 0 unspecified atom stereocenters. The molecule has 0 fully saturated rings. The van der Waals surface area contributed by atoms with Crippen LogP contribution in [-0.2, 0) is 11.2 Å². The minimum atomic E-state index is -0.0703. The van der Waals surface area contributed by atoms with Gasteiger partial charge in [0.2, 0.25) is 5.91 Å². The van der Waals surface area contributed by atoms with Crippen LogP contribution >= 0.6 is 11.3 Å². The van der Waals surface area contributed by atoms with E-state index >= 15 is 0 Å². The van der Waals surface area contributed by atoms with E-state index in [0.29, 0.717) is 23.5 Å². The fraction of sp³-hybridized carbons (Fsp3) is 0.105. The maximum Gasteiger partial charge on any atom is 0.229 e. The summed E-state index contributed by atoms with van der Waals surface area (Å²) in [7, 11) is 0. The van der Waals surface area contributed by atoms with Gasteiger partial charge in [-0.2, -0.15) is 0 Å². The van der Waals surface area contributed by atoms with Crippen LogP contribution in [0, 0.1) is 0 Å². The fourth-order valence-corrected chi connectivity index (χ4v) is 2.99. The normalized spacial score (nSPS) is 10.3. The third kappa shape index (κ3) is 4.74. The van der Waals surface area contributed by atoms with Gasteiger partial charge in [-0.05, 0) is 42.6 Å². The third-order valence-electron chi connectivity index (χ3n) is 3.50. The number of pyridine rings is 1. The summed E-state index contributed by atoms with van der Waals surface area (Å²) >= 11 is 1.56. The van der Waals surface area contributed by atoms with Crippen molar-refractivity contribution in [2.45, 2.75) is 13.3 Å². The van der Waals surface area contributed by atoms with Crippen molar-refractivity contribution in [3.05, 3.63) is 70.5 Å². The Bertz CT molecular complexity index is 874. The molecular weight excluding hydrogens is 334 g/mol. The SMILES string of the molecule is CC(=O)c1cccc(Nc2ccc(NC(=O)Cc3cccs3)cn2)c1. The van der Waals surface area contributed by atoms with Crippen molar-refractivity contribution < 1.29 is 9.59 Å². The lowest BCUT2D eigenvalue weighted by atomic mass is 10.1. The van der Waals surface area contributed by atoms with Crippen LogP contribution < -0.4 is 10.6 Å². The molecule has 5 nitrogen and oxygen atoms in total. The van der Waals surface area contributed by atoms with E-state index in [4.69, 9.17) is 0 Å². The standard InChI is InChI=1S/C19H17N3O2S/c1-13(23)14-4-2-5-15(10-14)21-18-8-7-16(12-20-18)22-19(24)11-17-6-3-9-25-17/h2-10,12H,11H2,1H3,(H,20,21)(H,22,24). The van der Waals surface area contributed by atoms with Crippen LogP contribution in [0.15, 0.2) is 60.1 Å². The van der Waals surface area contributed by atoms with Gasteiger partial charge in [0.25, 0.3) is 0 Å². The molecule has 0 spiro atoms. The van der Waals surface area contributed by atoms with E-state index in [-0.39, 0.29) is 11.7 Å². The Morgan fingerprint density at radius 1 is 1.08 bits per heavy atom. The lowest BCUT2D eigenvalue weighted by Crippen LogP contribution is -2.13. The van der Waals surface area contributed by atoms with Crippen LogP contribution in [0.2, 0.25) is 0 Å². The molecule has 0 atom stereocenters. The Kier molecular flexibility index (Phi) is 5.20. The lowest BCUT2D eigenvalue weighted by Gasteiger charge is -2.08. The number of hydrogen-bond donors (Lipinski definition) is 2. The molecule has 0 aliphatic heterocycles. The molecule has 2 N–H and O–H groups in total. The highest BCUT2D eigenvalue weighted by Crippen LogP contribution is 2.18. The Morgan fingerprint density at radius 3 is 2.64 bits per heavy atom. The number of hydrogen-bond acceptors (Lipinski definition) is 5. The first-order valence-electron chi connectivity index (χ1n) is 7.76. The largest absolute Gasteiger partial charge is 0.340 e. The number of thiophene rings is 1. The number of nitrogens with one attached hydrogen (secondary N) is 2. The molecule has 2 aromatic heterocycles. The quantitative estimate of drug-likeness (QED) is 0.651. The number of carbonyl (C=O) groups is 2. The zero-order valence-electron chi connectivity index (χ0n) is 13.7. The van der Waals surface area contributed by atoms with Crippen molar-refractivity contribution in [3.8, 4) is 0 Å². The Labute approximate surface area is 149 Å². The topological polar surface area (TPSA) is 71.1 Å². The molecule has 0 aliphatic carbocycles. The van der Waals surface area contributed by atoms with E-state index in [1.807, 2.05) is 29.6 Å². The number of Topliss-reactive ketones (excluding diaryl/α,β-unsaturated/α-hetero) is 1. The van der Waals surface area contributed by atoms with Gasteiger partial charge in [-0.1, -0.05) is 18.2 Å². The Hall–Kier alpha value is -2.99. The van der Waals surface area contributed by atoms with Gasteiger partial charge in [0.1, 0.15) is 5.82 Å². The van der Waals surface area contributed by atoms with Gasteiger partial charge in [0.15, 0.2) is 5.78 Å². The second-order valence-corrected chi connectivity index (χ2v) is 6.53. The minimum absolute atomic E-state index is 0.0143. The van der Waals surface area contributed by atoms with Crippen LogP contribution in [0.4, 0.5) is 17.2 Å². The number of anilines is 3. The van der Waals surface area contributed by atoms with Gasteiger partial charge in [-0.25, -0.2) is 4.98 Å². The summed E-state index contributed by atoms with van der Waals surface area (Å²) in [5, 5.41) is 7.92. The van der Waals surface area contributed by atoms with Crippen molar-refractivity contribution in [1.29, 1.82) is 0 Å². The predicted octanol–water partition coefficient (Wildman–Crippen LogP) is 4.27.